The van der Waals surface area contributed by atoms with Crippen molar-refractivity contribution in [1.29, 1.82) is 0 Å². The highest BCUT2D eigenvalue weighted by molar-refractivity contribution is 5.24. The molecule has 0 N–H and O–H groups in total. The maximum atomic E-state index is 13.1. The van der Waals surface area contributed by atoms with Crippen molar-refractivity contribution >= 4 is 0 Å². The molecule has 0 bridgehead atoms. The first-order valence-corrected chi connectivity index (χ1v) is 9.60. The third-order valence-corrected chi connectivity index (χ3v) is 5.12. The normalized spacial score (nSPS) is 17.8. The van der Waals surface area contributed by atoms with Gasteiger partial charge in [-0.3, -0.25) is 14.6 Å². The van der Waals surface area contributed by atoms with Crippen LogP contribution in [0.15, 0.2) is 48.7 Å². The summed E-state index contributed by atoms with van der Waals surface area (Å²) in [5.41, 5.74) is 5.29. The van der Waals surface area contributed by atoms with Crippen LogP contribution in [0.2, 0.25) is 0 Å². The largest absolute Gasteiger partial charge is 0.369 e. The fraction of sp³-hybridized carbons (Fsp3) is 0.364. The van der Waals surface area contributed by atoms with E-state index in [1.807, 2.05) is 36.9 Å². The quantitative estimate of drug-likeness (QED) is 0.680. The Balaban J connectivity index is 1.44. The number of hydrogen-bond acceptors (Lipinski definition) is 4. The predicted molar refractivity (Wildman–Crippen MR) is 105 cm³/mol. The summed E-state index contributed by atoms with van der Waals surface area (Å²) in [6.07, 6.45) is 2.72. The number of morpholine rings is 1. The van der Waals surface area contributed by atoms with Crippen LogP contribution in [0.4, 0.5) is 4.39 Å². The van der Waals surface area contributed by atoms with Crippen LogP contribution < -0.4 is 0 Å². The molecule has 0 radical (unpaired) electrons. The minimum absolute atomic E-state index is 0.0427. The Morgan fingerprint density at radius 2 is 2.00 bits per heavy atom. The van der Waals surface area contributed by atoms with Crippen molar-refractivity contribution in [2.75, 3.05) is 19.7 Å². The second-order valence-corrected chi connectivity index (χ2v) is 7.36. The van der Waals surface area contributed by atoms with Gasteiger partial charge in [0.15, 0.2) is 0 Å². The van der Waals surface area contributed by atoms with E-state index in [0.29, 0.717) is 13.0 Å². The molecule has 5 nitrogen and oxygen atoms in total. The van der Waals surface area contributed by atoms with Crippen LogP contribution in [-0.2, 0) is 24.8 Å². The average Bonchev–Trinajstić information content (AvgIpc) is 3.01. The summed E-state index contributed by atoms with van der Waals surface area (Å²) < 4.78 is 21.0. The molecule has 28 heavy (non-hydrogen) atoms. The number of halogens is 1. The predicted octanol–water partition coefficient (Wildman–Crippen LogP) is 3.43. The Hall–Kier alpha value is -2.57. The van der Waals surface area contributed by atoms with Crippen LogP contribution in [0.1, 0.15) is 34.3 Å². The minimum atomic E-state index is -0.218. The molecule has 0 spiro atoms. The van der Waals surface area contributed by atoms with Gasteiger partial charge in [-0.15, -0.1) is 0 Å². The zero-order valence-electron chi connectivity index (χ0n) is 16.3. The van der Waals surface area contributed by atoms with Crippen molar-refractivity contribution in [1.82, 2.24) is 19.7 Å². The molecule has 1 fully saturated rings. The van der Waals surface area contributed by atoms with E-state index in [0.717, 1.165) is 42.3 Å². The highest BCUT2D eigenvalue weighted by Gasteiger charge is 2.24. The Labute approximate surface area is 164 Å². The van der Waals surface area contributed by atoms with E-state index >= 15 is 0 Å². The molecule has 0 saturated carbocycles. The van der Waals surface area contributed by atoms with Gasteiger partial charge >= 0.3 is 0 Å². The molecule has 1 unspecified atom stereocenters. The van der Waals surface area contributed by atoms with Gasteiger partial charge in [0.25, 0.3) is 0 Å². The second kappa shape index (κ2) is 8.20. The van der Waals surface area contributed by atoms with E-state index in [9.17, 15) is 4.39 Å². The molecule has 146 valence electrons. The number of nitrogens with zero attached hydrogens (tertiary/aromatic N) is 4. The van der Waals surface area contributed by atoms with Crippen LogP contribution in [0, 0.1) is 12.7 Å². The molecule has 2 aromatic heterocycles. The molecule has 1 aliphatic heterocycles. The zero-order valence-corrected chi connectivity index (χ0v) is 16.3. The molecule has 3 heterocycles. The Bertz CT molecular complexity index is 938. The number of benzene rings is 1. The third-order valence-electron chi connectivity index (χ3n) is 5.12. The molecule has 1 saturated heterocycles. The number of pyridine rings is 1. The van der Waals surface area contributed by atoms with E-state index in [-0.39, 0.29) is 11.9 Å². The van der Waals surface area contributed by atoms with E-state index < -0.39 is 0 Å². The number of ether oxygens (including phenoxy) is 1. The number of aryl methyl sites for hydroxylation is 2. The third kappa shape index (κ3) is 4.46. The number of aromatic nitrogens is 3. The van der Waals surface area contributed by atoms with E-state index in [1.165, 1.54) is 17.7 Å². The molecule has 1 aromatic carbocycles. The molecule has 1 atom stereocenters. The van der Waals surface area contributed by atoms with E-state index in [4.69, 9.17) is 9.72 Å². The molecule has 4 rings (SSSR count). The van der Waals surface area contributed by atoms with Crippen LogP contribution in [0.25, 0.3) is 0 Å². The average molecular weight is 380 g/mol. The van der Waals surface area contributed by atoms with Crippen molar-refractivity contribution in [3.63, 3.8) is 0 Å². The summed E-state index contributed by atoms with van der Waals surface area (Å²) in [5.74, 6) is -0.218. The fourth-order valence-corrected chi connectivity index (χ4v) is 3.66. The van der Waals surface area contributed by atoms with Gasteiger partial charge in [0.1, 0.15) is 11.9 Å². The van der Waals surface area contributed by atoms with Crippen LogP contribution >= 0.6 is 0 Å². The summed E-state index contributed by atoms with van der Waals surface area (Å²) in [6, 6.07) is 12.6. The maximum absolute atomic E-state index is 13.1. The van der Waals surface area contributed by atoms with Gasteiger partial charge in [0, 0.05) is 50.6 Å². The standard InChI is InChI=1S/C22H25FN4O/c1-16-18(13-26(2)25-16)14-27-10-11-28-22(15-27)21-5-3-4-20(24-21)12-17-6-8-19(23)9-7-17/h3-9,13,22H,10-12,14-15H2,1-2H3. The number of hydrogen-bond donors (Lipinski definition) is 0. The van der Waals surface area contributed by atoms with Crippen LogP contribution in [0.5, 0.6) is 0 Å². The lowest BCUT2D eigenvalue weighted by Crippen LogP contribution is -2.38. The molecular weight excluding hydrogens is 355 g/mol. The van der Waals surface area contributed by atoms with Gasteiger partial charge < -0.3 is 4.74 Å². The van der Waals surface area contributed by atoms with Crippen LogP contribution in [0.3, 0.4) is 0 Å². The molecular formula is C22H25FN4O. The lowest BCUT2D eigenvalue weighted by Gasteiger charge is -2.32. The van der Waals surface area contributed by atoms with Gasteiger partial charge in [0.05, 0.1) is 18.0 Å². The monoisotopic (exact) mass is 380 g/mol. The topological polar surface area (TPSA) is 43.2 Å². The van der Waals surface area contributed by atoms with Crippen molar-refractivity contribution < 1.29 is 9.13 Å². The van der Waals surface area contributed by atoms with E-state index in [2.05, 4.69) is 16.2 Å². The Morgan fingerprint density at radius 1 is 1.18 bits per heavy atom. The van der Waals surface area contributed by atoms with Gasteiger partial charge in [-0.1, -0.05) is 18.2 Å². The Kier molecular flexibility index (Phi) is 5.50. The van der Waals surface area contributed by atoms with Crippen molar-refractivity contribution in [3.8, 4) is 0 Å². The molecule has 0 amide bonds. The zero-order chi connectivity index (χ0) is 19.5. The molecule has 1 aliphatic rings. The summed E-state index contributed by atoms with van der Waals surface area (Å²) in [7, 11) is 1.95. The number of rotatable bonds is 5. The van der Waals surface area contributed by atoms with Gasteiger partial charge in [-0.05, 0) is 36.8 Å². The molecule has 3 aromatic rings. The smallest absolute Gasteiger partial charge is 0.123 e. The maximum Gasteiger partial charge on any atom is 0.123 e. The first kappa shape index (κ1) is 18.8. The summed E-state index contributed by atoms with van der Waals surface area (Å²) in [6.45, 7) is 5.32. The first-order valence-electron chi connectivity index (χ1n) is 9.60. The van der Waals surface area contributed by atoms with Crippen molar-refractivity contribution in [2.45, 2.75) is 26.0 Å². The highest BCUT2D eigenvalue weighted by Crippen LogP contribution is 2.23. The van der Waals surface area contributed by atoms with Crippen molar-refractivity contribution in [2.24, 2.45) is 7.05 Å². The SMILES string of the molecule is Cc1nn(C)cc1CN1CCOC(c2cccc(Cc3ccc(F)cc3)n2)C1. The molecule has 0 aliphatic carbocycles. The summed E-state index contributed by atoms with van der Waals surface area (Å²) in [4.78, 5) is 7.21. The highest BCUT2D eigenvalue weighted by atomic mass is 19.1. The van der Waals surface area contributed by atoms with Crippen LogP contribution in [-0.4, -0.2) is 39.4 Å². The summed E-state index contributed by atoms with van der Waals surface area (Å²) in [5, 5.41) is 4.43. The minimum Gasteiger partial charge on any atom is -0.369 e. The first-order chi connectivity index (χ1) is 13.6. The fourth-order valence-electron chi connectivity index (χ4n) is 3.66. The summed E-state index contributed by atoms with van der Waals surface area (Å²) >= 11 is 0. The second-order valence-electron chi connectivity index (χ2n) is 7.36. The lowest BCUT2D eigenvalue weighted by molar-refractivity contribution is -0.0351. The lowest BCUT2D eigenvalue weighted by atomic mass is 10.1. The van der Waals surface area contributed by atoms with E-state index in [1.54, 1.807) is 12.1 Å². The van der Waals surface area contributed by atoms with Gasteiger partial charge in [-0.25, -0.2) is 4.39 Å². The Morgan fingerprint density at radius 3 is 2.75 bits per heavy atom. The van der Waals surface area contributed by atoms with Gasteiger partial charge in [-0.2, -0.15) is 5.10 Å². The molecule has 6 heteroatoms. The van der Waals surface area contributed by atoms with Gasteiger partial charge in [0.2, 0.25) is 0 Å². The van der Waals surface area contributed by atoms with Crippen molar-refractivity contribution in [3.05, 3.63) is 82.7 Å².